The molecule has 1 aliphatic rings. The Morgan fingerprint density at radius 3 is 2.52 bits per heavy atom. The second-order valence-corrected chi connectivity index (χ2v) is 5.23. The van der Waals surface area contributed by atoms with Gasteiger partial charge < -0.3 is 4.74 Å². The Balaban J connectivity index is 1.99. The number of carbonyl (C=O) groups excluding carboxylic acids is 1. The van der Waals surface area contributed by atoms with Crippen LogP contribution in [0.4, 0.5) is 0 Å². The van der Waals surface area contributed by atoms with Crippen LogP contribution in [0.15, 0.2) is 60.2 Å². The summed E-state index contributed by atoms with van der Waals surface area (Å²) in [6, 6.07) is 15.9. The van der Waals surface area contributed by atoms with Gasteiger partial charge in [0.05, 0.1) is 5.57 Å². The molecule has 0 saturated heterocycles. The van der Waals surface area contributed by atoms with Gasteiger partial charge >= 0.3 is 5.97 Å². The van der Waals surface area contributed by atoms with Gasteiger partial charge in [-0.1, -0.05) is 48.0 Å². The summed E-state index contributed by atoms with van der Waals surface area (Å²) < 4.78 is 5.42. The lowest BCUT2D eigenvalue weighted by Crippen LogP contribution is -1.98. The Morgan fingerprint density at radius 2 is 1.76 bits per heavy atom. The highest BCUT2D eigenvalue weighted by Crippen LogP contribution is 2.29. The van der Waals surface area contributed by atoms with Crippen LogP contribution in [0, 0.1) is 13.8 Å². The minimum Gasteiger partial charge on any atom is -0.422 e. The minimum atomic E-state index is -0.297. The van der Waals surface area contributed by atoms with E-state index in [2.05, 4.69) is 6.07 Å². The van der Waals surface area contributed by atoms with Crippen molar-refractivity contribution in [2.24, 2.45) is 0 Å². The zero-order valence-corrected chi connectivity index (χ0v) is 12.1. The lowest BCUT2D eigenvalue weighted by molar-refractivity contribution is -0.130. The quantitative estimate of drug-likeness (QED) is 0.604. The van der Waals surface area contributed by atoms with Crippen molar-refractivity contribution in [1.29, 1.82) is 0 Å². The number of cyclic esters (lactones) is 1. The Bertz CT molecular complexity index is 752. The maximum Gasteiger partial charge on any atom is 0.343 e. The summed E-state index contributed by atoms with van der Waals surface area (Å²) in [6.07, 6.45) is 3.66. The van der Waals surface area contributed by atoms with Gasteiger partial charge in [0.2, 0.25) is 0 Å². The standard InChI is InChI=1S/C19H16O2/c1-13-8-9-14(2)17(10-13)18-12-16(19(20)21-18)11-15-6-4-3-5-7-15/h3-12H,1-2H3/b16-11+. The fourth-order valence-electron chi connectivity index (χ4n) is 2.35. The van der Waals surface area contributed by atoms with E-state index in [0.29, 0.717) is 11.3 Å². The molecule has 0 bridgehead atoms. The number of aryl methyl sites for hydroxylation is 2. The van der Waals surface area contributed by atoms with E-state index in [9.17, 15) is 4.79 Å². The lowest BCUT2D eigenvalue weighted by Gasteiger charge is -2.06. The normalized spacial score (nSPS) is 16.0. The molecule has 0 aromatic heterocycles. The molecule has 2 nitrogen and oxygen atoms in total. The topological polar surface area (TPSA) is 26.3 Å². The van der Waals surface area contributed by atoms with Crippen LogP contribution in [0.3, 0.4) is 0 Å². The molecule has 0 atom stereocenters. The smallest absolute Gasteiger partial charge is 0.343 e. The Kier molecular flexibility index (Phi) is 3.44. The molecular formula is C19H16O2. The van der Waals surface area contributed by atoms with Gasteiger partial charge in [0.1, 0.15) is 5.76 Å². The largest absolute Gasteiger partial charge is 0.422 e. The summed E-state index contributed by atoms with van der Waals surface area (Å²) in [6.45, 7) is 4.04. The summed E-state index contributed by atoms with van der Waals surface area (Å²) in [5, 5.41) is 0. The third-order valence-corrected chi connectivity index (χ3v) is 3.51. The van der Waals surface area contributed by atoms with Crippen LogP contribution in [0.25, 0.3) is 11.8 Å². The van der Waals surface area contributed by atoms with Crippen LogP contribution in [0.2, 0.25) is 0 Å². The molecule has 0 aliphatic carbocycles. The van der Waals surface area contributed by atoms with Gasteiger partial charge in [-0.2, -0.15) is 0 Å². The van der Waals surface area contributed by atoms with Gasteiger partial charge in [0.25, 0.3) is 0 Å². The fourth-order valence-corrected chi connectivity index (χ4v) is 2.35. The monoisotopic (exact) mass is 276 g/mol. The zero-order chi connectivity index (χ0) is 14.8. The van der Waals surface area contributed by atoms with Crippen molar-refractivity contribution in [1.82, 2.24) is 0 Å². The van der Waals surface area contributed by atoms with E-state index in [4.69, 9.17) is 4.74 Å². The van der Waals surface area contributed by atoms with Gasteiger partial charge in [0, 0.05) is 5.56 Å². The molecule has 0 radical (unpaired) electrons. The van der Waals surface area contributed by atoms with Crippen LogP contribution < -0.4 is 0 Å². The summed E-state index contributed by atoms with van der Waals surface area (Å²) in [5.74, 6) is 0.332. The first-order valence-corrected chi connectivity index (χ1v) is 6.92. The van der Waals surface area contributed by atoms with E-state index in [1.807, 2.05) is 68.5 Å². The highest BCUT2D eigenvalue weighted by Gasteiger charge is 2.22. The number of hydrogen-bond acceptors (Lipinski definition) is 2. The lowest BCUT2D eigenvalue weighted by atomic mass is 10.0. The molecule has 0 amide bonds. The number of rotatable bonds is 2. The zero-order valence-electron chi connectivity index (χ0n) is 12.1. The molecule has 3 rings (SSSR count). The highest BCUT2D eigenvalue weighted by molar-refractivity contribution is 6.05. The summed E-state index contributed by atoms with van der Waals surface area (Å²) in [7, 11) is 0. The van der Waals surface area contributed by atoms with E-state index in [-0.39, 0.29) is 5.97 Å². The van der Waals surface area contributed by atoms with Crippen molar-refractivity contribution in [2.45, 2.75) is 13.8 Å². The van der Waals surface area contributed by atoms with Crippen molar-refractivity contribution in [3.05, 3.63) is 82.4 Å². The Hall–Kier alpha value is -2.61. The highest BCUT2D eigenvalue weighted by atomic mass is 16.5. The SMILES string of the molecule is Cc1ccc(C)c(C2=C/C(=C\c3ccccc3)C(=O)O2)c1. The van der Waals surface area contributed by atoms with Gasteiger partial charge in [-0.05, 0) is 43.2 Å². The first-order valence-electron chi connectivity index (χ1n) is 6.92. The van der Waals surface area contributed by atoms with E-state index in [1.165, 1.54) is 0 Å². The first-order chi connectivity index (χ1) is 10.1. The van der Waals surface area contributed by atoms with E-state index in [0.717, 1.165) is 22.3 Å². The molecule has 2 aromatic carbocycles. The first kappa shape index (κ1) is 13.4. The molecule has 21 heavy (non-hydrogen) atoms. The van der Waals surface area contributed by atoms with E-state index >= 15 is 0 Å². The average Bonchev–Trinajstić information content (AvgIpc) is 2.84. The number of carbonyl (C=O) groups is 1. The summed E-state index contributed by atoms with van der Waals surface area (Å²) >= 11 is 0. The average molecular weight is 276 g/mol. The van der Waals surface area contributed by atoms with Crippen molar-refractivity contribution < 1.29 is 9.53 Å². The molecular weight excluding hydrogens is 260 g/mol. The van der Waals surface area contributed by atoms with E-state index in [1.54, 1.807) is 0 Å². The Morgan fingerprint density at radius 1 is 1.00 bits per heavy atom. The number of ether oxygens (including phenoxy) is 1. The summed E-state index contributed by atoms with van der Waals surface area (Å²) in [4.78, 5) is 12.0. The molecule has 0 spiro atoms. The number of hydrogen-bond donors (Lipinski definition) is 0. The van der Waals surface area contributed by atoms with Crippen molar-refractivity contribution in [3.8, 4) is 0 Å². The molecule has 2 heteroatoms. The van der Waals surface area contributed by atoms with Crippen LogP contribution in [-0.2, 0) is 9.53 Å². The molecule has 0 N–H and O–H groups in total. The maximum atomic E-state index is 12.0. The van der Waals surface area contributed by atoms with Crippen LogP contribution >= 0.6 is 0 Å². The molecule has 0 saturated carbocycles. The van der Waals surface area contributed by atoms with Gasteiger partial charge in [-0.3, -0.25) is 0 Å². The fraction of sp³-hybridized carbons (Fsp3) is 0.105. The number of benzene rings is 2. The Labute approximate surface area is 124 Å². The van der Waals surface area contributed by atoms with Crippen LogP contribution in [0.1, 0.15) is 22.3 Å². The summed E-state index contributed by atoms with van der Waals surface area (Å²) in [5.41, 5.74) is 4.79. The van der Waals surface area contributed by atoms with Crippen LogP contribution in [-0.4, -0.2) is 5.97 Å². The van der Waals surface area contributed by atoms with Crippen molar-refractivity contribution in [3.63, 3.8) is 0 Å². The molecule has 104 valence electrons. The van der Waals surface area contributed by atoms with Crippen molar-refractivity contribution >= 4 is 17.8 Å². The minimum absolute atomic E-state index is 0.297. The van der Waals surface area contributed by atoms with Crippen molar-refractivity contribution in [2.75, 3.05) is 0 Å². The molecule has 1 aliphatic heterocycles. The predicted octanol–water partition coefficient (Wildman–Crippen LogP) is 4.28. The molecule has 0 unspecified atom stereocenters. The molecule has 2 aromatic rings. The predicted molar refractivity (Wildman–Crippen MR) is 84.4 cm³/mol. The van der Waals surface area contributed by atoms with Gasteiger partial charge in [-0.15, -0.1) is 0 Å². The van der Waals surface area contributed by atoms with Gasteiger partial charge in [0.15, 0.2) is 0 Å². The second kappa shape index (κ2) is 5.41. The van der Waals surface area contributed by atoms with Gasteiger partial charge in [-0.25, -0.2) is 4.79 Å². The third-order valence-electron chi connectivity index (χ3n) is 3.51. The number of esters is 1. The molecule has 0 fully saturated rings. The maximum absolute atomic E-state index is 12.0. The molecule has 1 heterocycles. The van der Waals surface area contributed by atoms with Crippen LogP contribution in [0.5, 0.6) is 0 Å². The van der Waals surface area contributed by atoms with E-state index < -0.39 is 0 Å². The third kappa shape index (κ3) is 2.79. The second-order valence-electron chi connectivity index (χ2n) is 5.23.